The lowest BCUT2D eigenvalue weighted by Gasteiger charge is -2.24. The van der Waals surface area contributed by atoms with E-state index in [2.05, 4.69) is 35.7 Å². The molecule has 1 unspecified atom stereocenters. The summed E-state index contributed by atoms with van der Waals surface area (Å²) < 4.78 is 2.02. The molecule has 8 nitrogen and oxygen atoms in total. The molecule has 0 saturated carbocycles. The molecular weight excluding hydrogens is 344 g/mol. The van der Waals surface area contributed by atoms with Gasteiger partial charge in [0.25, 0.3) is 5.69 Å². The van der Waals surface area contributed by atoms with Gasteiger partial charge in [-0.3, -0.25) is 19.8 Å². The molecule has 0 bridgehead atoms. The summed E-state index contributed by atoms with van der Waals surface area (Å²) in [6.45, 7) is 4.60. The molecule has 1 aliphatic carbocycles. The molecular formula is C19H26N6O2. The van der Waals surface area contributed by atoms with Crippen LogP contribution in [0, 0.1) is 10.1 Å². The Morgan fingerprint density at radius 3 is 2.93 bits per heavy atom. The van der Waals surface area contributed by atoms with Crippen molar-refractivity contribution in [3.8, 4) is 0 Å². The highest BCUT2D eigenvalue weighted by Crippen LogP contribution is 2.22. The van der Waals surface area contributed by atoms with E-state index >= 15 is 0 Å². The van der Waals surface area contributed by atoms with Gasteiger partial charge in [0.1, 0.15) is 0 Å². The summed E-state index contributed by atoms with van der Waals surface area (Å²) in [4.78, 5) is 15.0. The SMILES string of the molecule is CN=C(NCc1ccccc1[N+](=O)[O-])NC1CCc2cn(C(C)C)nc2C1. The van der Waals surface area contributed by atoms with Gasteiger partial charge in [-0.2, -0.15) is 5.10 Å². The number of nitrogens with zero attached hydrogens (tertiary/aromatic N) is 4. The highest BCUT2D eigenvalue weighted by atomic mass is 16.6. The number of rotatable bonds is 5. The molecule has 0 saturated heterocycles. The Balaban J connectivity index is 1.60. The van der Waals surface area contributed by atoms with Gasteiger partial charge in [0.2, 0.25) is 0 Å². The van der Waals surface area contributed by atoms with Crippen molar-refractivity contribution in [1.82, 2.24) is 20.4 Å². The van der Waals surface area contributed by atoms with Crippen LogP contribution < -0.4 is 10.6 Å². The van der Waals surface area contributed by atoms with Crippen molar-refractivity contribution in [2.75, 3.05) is 7.05 Å². The van der Waals surface area contributed by atoms with E-state index in [-0.39, 0.29) is 16.7 Å². The Bertz CT molecular complexity index is 842. The number of fused-ring (bicyclic) bond motifs is 1. The average molecular weight is 370 g/mol. The number of aromatic nitrogens is 2. The number of aryl methyl sites for hydroxylation is 1. The van der Waals surface area contributed by atoms with Crippen molar-refractivity contribution >= 4 is 11.6 Å². The lowest BCUT2D eigenvalue weighted by molar-refractivity contribution is -0.385. The summed E-state index contributed by atoms with van der Waals surface area (Å²) in [6.07, 6.45) is 4.99. The lowest BCUT2D eigenvalue weighted by Crippen LogP contribution is -2.45. The minimum Gasteiger partial charge on any atom is -0.353 e. The van der Waals surface area contributed by atoms with Crippen molar-refractivity contribution in [2.45, 2.75) is 51.7 Å². The van der Waals surface area contributed by atoms with Gasteiger partial charge in [0.05, 0.1) is 10.6 Å². The summed E-state index contributed by atoms with van der Waals surface area (Å²) in [5.41, 5.74) is 3.21. The highest BCUT2D eigenvalue weighted by molar-refractivity contribution is 5.80. The van der Waals surface area contributed by atoms with Gasteiger partial charge < -0.3 is 10.6 Å². The molecule has 144 valence electrons. The van der Waals surface area contributed by atoms with E-state index in [0.717, 1.165) is 25.0 Å². The fraction of sp³-hybridized carbons (Fsp3) is 0.474. The van der Waals surface area contributed by atoms with E-state index in [1.54, 1.807) is 25.2 Å². The fourth-order valence-electron chi connectivity index (χ4n) is 3.31. The molecule has 27 heavy (non-hydrogen) atoms. The van der Waals surface area contributed by atoms with Gasteiger partial charge in [-0.25, -0.2) is 0 Å². The smallest absolute Gasteiger partial charge is 0.274 e. The molecule has 2 aromatic rings. The van der Waals surface area contributed by atoms with Crippen LogP contribution in [0.1, 0.15) is 43.1 Å². The van der Waals surface area contributed by atoms with Gasteiger partial charge in [-0.15, -0.1) is 0 Å². The van der Waals surface area contributed by atoms with Crippen LogP contribution in [0.5, 0.6) is 0 Å². The Morgan fingerprint density at radius 1 is 1.44 bits per heavy atom. The van der Waals surface area contributed by atoms with Crippen LogP contribution in [0.3, 0.4) is 0 Å². The Kier molecular flexibility index (Phi) is 5.73. The number of nitrogens with one attached hydrogen (secondary N) is 2. The summed E-state index contributed by atoms with van der Waals surface area (Å²) in [5.74, 6) is 0.643. The zero-order valence-corrected chi connectivity index (χ0v) is 16.0. The van der Waals surface area contributed by atoms with E-state index in [1.165, 1.54) is 11.6 Å². The van der Waals surface area contributed by atoms with Crippen LogP contribution in [0.4, 0.5) is 5.69 Å². The fourth-order valence-corrected chi connectivity index (χ4v) is 3.31. The van der Waals surface area contributed by atoms with Crippen LogP contribution >= 0.6 is 0 Å². The maximum Gasteiger partial charge on any atom is 0.274 e. The van der Waals surface area contributed by atoms with Crippen molar-refractivity contribution in [2.24, 2.45) is 4.99 Å². The number of guanidine groups is 1. The van der Waals surface area contributed by atoms with Crippen LogP contribution in [0.2, 0.25) is 0 Å². The first-order valence-electron chi connectivity index (χ1n) is 9.24. The van der Waals surface area contributed by atoms with Crippen molar-refractivity contribution in [3.63, 3.8) is 0 Å². The molecule has 2 N–H and O–H groups in total. The normalized spacial score (nSPS) is 16.9. The molecule has 1 heterocycles. The standard InChI is InChI=1S/C19H26N6O2/c1-13(2)24-12-15-8-9-16(10-17(15)23-24)22-19(20-3)21-11-14-6-4-5-7-18(14)25(26)27/h4-7,12-13,16H,8-11H2,1-3H3,(H2,20,21,22). The van der Waals surface area contributed by atoms with Gasteiger partial charge in [-0.1, -0.05) is 18.2 Å². The van der Waals surface area contributed by atoms with Crippen molar-refractivity contribution < 1.29 is 4.92 Å². The van der Waals surface area contributed by atoms with E-state index in [4.69, 9.17) is 5.10 Å². The molecule has 1 aliphatic rings. The number of hydrogen-bond acceptors (Lipinski definition) is 4. The molecule has 0 aliphatic heterocycles. The Hall–Kier alpha value is -2.90. The summed E-state index contributed by atoms with van der Waals surface area (Å²) in [5, 5.41) is 22.5. The maximum atomic E-state index is 11.1. The monoisotopic (exact) mass is 370 g/mol. The predicted molar refractivity (Wildman–Crippen MR) is 105 cm³/mol. The molecule has 1 atom stereocenters. The van der Waals surface area contributed by atoms with Crippen LogP contribution in [0.25, 0.3) is 0 Å². The largest absolute Gasteiger partial charge is 0.353 e. The summed E-state index contributed by atoms with van der Waals surface area (Å²) in [6, 6.07) is 7.34. The number of nitro benzene ring substituents is 1. The van der Waals surface area contributed by atoms with Crippen LogP contribution in [-0.2, 0) is 19.4 Å². The lowest BCUT2D eigenvalue weighted by atomic mass is 9.94. The topological polar surface area (TPSA) is 97.4 Å². The molecule has 3 rings (SSSR count). The second-order valence-corrected chi connectivity index (χ2v) is 7.07. The molecule has 8 heteroatoms. The van der Waals surface area contributed by atoms with Crippen LogP contribution in [-0.4, -0.2) is 33.8 Å². The van der Waals surface area contributed by atoms with E-state index < -0.39 is 0 Å². The molecule has 0 amide bonds. The first-order chi connectivity index (χ1) is 13.0. The third kappa shape index (κ3) is 4.45. The van der Waals surface area contributed by atoms with Gasteiger partial charge in [-0.05, 0) is 32.3 Å². The van der Waals surface area contributed by atoms with Gasteiger partial charge in [0.15, 0.2) is 5.96 Å². The van der Waals surface area contributed by atoms with Crippen LogP contribution in [0.15, 0.2) is 35.5 Å². The number of aliphatic imine (C=N–C) groups is 1. The molecule has 0 fully saturated rings. The molecule has 1 aromatic heterocycles. The quantitative estimate of drug-likeness (QED) is 0.365. The molecule has 1 aromatic carbocycles. The minimum absolute atomic E-state index is 0.113. The average Bonchev–Trinajstić information content (AvgIpc) is 3.09. The maximum absolute atomic E-state index is 11.1. The first kappa shape index (κ1) is 18.9. The number of benzene rings is 1. The number of hydrogen-bond donors (Lipinski definition) is 2. The minimum atomic E-state index is -0.360. The zero-order chi connectivity index (χ0) is 19.4. The Labute approximate surface area is 158 Å². The Morgan fingerprint density at radius 2 is 2.22 bits per heavy atom. The van der Waals surface area contributed by atoms with Gasteiger partial charge in [0, 0.05) is 49.9 Å². The number of nitro groups is 1. The second-order valence-electron chi connectivity index (χ2n) is 7.07. The molecule has 0 radical (unpaired) electrons. The summed E-state index contributed by atoms with van der Waals surface area (Å²) in [7, 11) is 1.70. The highest BCUT2D eigenvalue weighted by Gasteiger charge is 2.23. The van der Waals surface area contributed by atoms with E-state index in [9.17, 15) is 10.1 Å². The summed E-state index contributed by atoms with van der Waals surface area (Å²) >= 11 is 0. The van der Waals surface area contributed by atoms with Gasteiger partial charge >= 0.3 is 0 Å². The third-order valence-electron chi connectivity index (χ3n) is 4.82. The molecule has 0 spiro atoms. The van der Waals surface area contributed by atoms with E-state index in [1.807, 2.05) is 4.68 Å². The second kappa shape index (κ2) is 8.20. The number of para-hydroxylation sites is 1. The third-order valence-corrected chi connectivity index (χ3v) is 4.82. The predicted octanol–water partition coefficient (Wildman–Crippen LogP) is 2.59. The van der Waals surface area contributed by atoms with Crippen molar-refractivity contribution in [1.29, 1.82) is 0 Å². The van der Waals surface area contributed by atoms with E-state index in [0.29, 0.717) is 24.1 Å². The zero-order valence-electron chi connectivity index (χ0n) is 16.0. The van der Waals surface area contributed by atoms with Crippen molar-refractivity contribution in [3.05, 3.63) is 57.4 Å². The first-order valence-corrected chi connectivity index (χ1v) is 9.24.